The van der Waals surface area contributed by atoms with Crippen LogP contribution < -0.4 is 0 Å². The molecule has 1 N–H and O–H groups in total. The summed E-state index contributed by atoms with van der Waals surface area (Å²) in [6.45, 7) is 3.72. The number of ketones is 2. The van der Waals surface area contributed by atoms with Crippen molar-refractivity contribution in [3.63, 3.8) is 0 Å². The minimum Gasteiger partial charge on any atom is -0.509 e. The van der Waals surface area contributed by atoms with Crippen molar-refractivity contribution in [2.45, 2.75) is 33.1 Å². The van der Waals surface area contributed by atoms with Crippen LogP contribution in [0.2, 0.25) is 0 Å². The van der Waals surface area contributed by atoms with Crippen LogP contribution in [-0.2, 0) is 42.3 Å². The zero-order chi connectivity index (χ0) is 13.3. The summed E-state index contributed by atoms with van der Waals surface area (Å²) in [5, 5.41) is 10.2. The number of hydrogen-bond donors (Lipinski definition) is 1. The van der Waals surface area contributed by atoms with Gasteiger partial charge in [0.05, 0.1) is 0 Å². The Morgan fingerprint density at radius 2 is 1.79 bits per heavy atom. The maximum Gasteiger partial charge on any atom is 0.170 e. The summed E-state index contributed by atoms with van der Waals surface area (Å²) < 4.78 is 0. The van der Waals surface area contributed by atoms with Gasteiger partial charge in [0, 0.05) is 45.6 Å². The first-order chi connectivity index (χ1) is 8.52. The summed E-state index contributed by atoms with van der Waals surface area (Å²) >= 11 is 0. The van der Waals surface area contributed by atoms with Crippen molar-refractivity contribution in [3.8, 4) is 0 Å². The van der Waals surface area contributed by atoms with Gasteiger partial charge in [0.15, 0.2) is 11.6 Å². The van der Waals surface area contributed by atoms with Gasteiger partial charge in [-0.2, -0.15) is 23.8 Å². The molecule has 0 spiro atoms. The second-order valence-corrected chi connectivity index (χ2v) is 4.56. The van der Waals surface area contributed by atoms with Crippen molar-refractivity contribution in [3.05, 3.63) is 40.5 Å². The average molecular weight is 332 g/mol. The smallest absolute Gasteiger partial charge is 0.170 e. The Balaban J connectivity index is 0.00000180. The largest absolute Gasteiger partial charge is 0.509 e. The van der Waals surface area contributed by atoms with Gasteiger partial charge < -0.3 is 5.11 Å². The number of rotatable bonds is 1. The van der Waals surface area contributed by atoms with E-state index in [2.05, 4.69) is 6.07 Å². The van der Waals surface area contributed by atoms with Crippen LogP contribution in [0.3, 0.4) is 0 Å². The quantitative estimate of drug-likeness (QED) is 0.372. The molecule has 1 aliphatic rings. The number of benzene rings is 1. The van der Waals surface area contributed by atoms with E-state index in [4.69, 9.17) is 0 Å². The number of Topliss-reactive ketones (excluding diaryl/α,β-unsaturated/α-hetero) is 2. The summed E-state index contributed by atoms with van der Waals surface area (Å²) in [6, 6.07) is 6.38. The molecule has 3 nitrogen and oxygen atoms in total. The molecular weight excluding hydrogens is 317 g/mol. The molecule has 1 fully saturated rings. The zero-order valence-corrected chi connectivity index (χ0v) is 14.0. The van der Waals surface area contributed by atoms with Gasteiger partial charge in [-0.3, -0.25) is 9.59 Å². The van der Waals surface area contributed by atoms with Crippen LogP contribution in [0.25, 0.3) is 5.76 Å². The molecule has 0 heterocycles. The number of aliphatic hydroxyl groups excluding tert-OH is 1. The maximum absolute atomic E-state index is 11.8. The minimum absolute atomic E-state index is 0. The third-order valence-corrected chi connectivity index (χ3v) is 3.37. The van der Waals surface area contributed by atoms with E-state index in [1.54, 1.807) is 12.1 Å². The van der Waals surface area contributed by atoms with E-state index in [0.717, 1.165) is 11.1 Å². The topological polar surface area (TPSA) is 54.4 Å². The third-order valence-electron chi connectivity index (χ3n) is 3.37. The fourth-order valence-electron chi connectivity index (χ4n) is 2.16. The zero-order valence-electron chi connectivity index (χ0n) is 11.1. The van der Waals surface area contributed by atoms with Crippen LogP contribution >= 0.6 is 0 Å². The van der Waals surface area contributed by atoms with E-state index in [0.29, 0.717) is 24.8 Å². The molecule has 1 aromatic rings. The van der Waals surface area contributed by atoms with Gasteiger partial charge in [-0.25, -0.2) is 0 Å². The van der Waals surface area contributed by atoms with Crippen LogP contribution in [0.15, 0.2) is 17.7 Å². The molecule has 0 amide bonds. The Kier molecular flexibility index (Phi) is 5.63. The van der Waals surface area contributed by atoms with Gasteiger partial charge in [0.1, 0.15) is 11.3 Å². The number of allylic oxidation sites excluding steroid dienone is 1. The van der Waals surface area contributed by atoms with Crippen molar-refractivity contribution >= 4 is 17.3 Å². The van der Waals surface area contributed by atoms with E-state index in [9.17, 15) is 14.7 Å². The predicted molar refractivity (Wildman–Crippen MR) is 68.2 cm³/mol. The fourth-order valence-corrected chi connectivity index (χ4v) is 2.16. The fraction of sp³-hybridized carbons (Fsp3) is 0.333. The van der Waals surface area contributed by atoms with Gasteiger partial charge >= 0.3 is 0 Å². The molecule has 0 unspecified atom stereocenters. The summed E-state index contributed by atoms with van der Waals surface area (Å²) in [5.41, 5.74) is 2.25. The molecule has 0 atom stereocenters. The van der Waals surface area contributed by atoms with Gasteiger partial charge in [-0.1, -0.05) is 19.4 Å². The van der Waals surface area contributed by atoms with Gasteiger partial charge in [0.2, 0.25) is 0 Å². The van der Waals surface area contributed by atoms with E-state index >= 15 is 0 Å². The molecule has 1 saturated carbocycles. The number of carbonyl (C=O) groups excluding carboxylic acids is 2. The molecule has 97 valence electrons. The van der Waals surface area contributed by atoms with Crippen LogP contribution in [0.1, 0.15) is 36.0 Å². The first kappa shape index (κ1) is 16.3. The Morgan fingerprint density at radius 3 is 2.37 bits per heavy atom. The molecule has 0 aromatic heterocycles. The molecule has 1 aliphatic carbocycles. The van der Waals surface area contributed by atoms with Crippen LogP contribution in [-0.4, -0.2) is 16.7 Å². The maximum atomic E-state index is 11.8. The molecule has 0 bridgehead atoms. The normalized spacial score (nSPS) is 15.2. The van der Waals surface area contributed by atoms with Crippen molar-refractivity contribution in [2.75, 3.05) is 0 Å². The number of aliphatic hydroxyl groups is 1. The van der Waals surface area contributed by atoms with Gasteiger partial charge in [0.25, 0.3) is 0 Å². The van der Waals surface area contributed by atoms with E-state index < -0.39 is 0 Å². The van der Waals surface area contributed by atoms with E-state index in [-0.39, 0.29) is 55.6 Å². The van der Waals surface area contributed by atoms with E-state index in [1.807, 2.05) is 13.8 Å². The Bertz CT molecular complexity index is 541. The van der Waals surface area contributed by atoms with Crippen molar-refractivity contribution in [2.24, 2.45) is 0 Å². The first-order valence-electron chi connectivity index (χ1n) is 6.00. The molecule has 1 radical (unpaired) electrons. The molecule has 2 rings (SSSR count). The number of carbonyl (C=O) groups is 2. The predicted octanol–water partition coefficient (Wildman–Crippen LogP) is 2.69. The van der Waals surface area contributed by atoms with Crippen LogP contribution in [0.4, 0.5) is 0 Å². The van der Waals surface area contributed by atoms with Gasteiger partial charge in [-0.05, 0) is 6.42 Å². The summed E-state index contributed by atoms with van der Waals surface area (Å²) in [5.74, 6) is -0.693. The van der Waals surface area contributed by atoms with Gasteiger partial charge in [-0.15, -0.1) is 5.56 Å². The third kappa shape index (κ3) is 3.21. The van der Waals surface area contributed by atoms with Crippen molar-refractivity contribution in [1.29, 1.82) is 0 Å². The average Bonchev–Trinajstić information content (AvgIpc) is 2.32. The van der Waals surface area contributed by atoms with E-state index in [1.165, 1.54) is 0 Å². The molecule has 0 aliphatic heterocycles. The molecule has 1 aromatic carbocycles. The van der Waals surface area contributed by atoms with Crippen LogP contribution in [0, 0.1) is 19.9 Å². The van der Waals surface area contributed by atoms with Crippen molar-refractivity contribution in [1.82, 2.24) is 0 Å². The van der Waals surface area contributed by atoms with Crippen molar-refractivity contribution < 1.29 is 47.4 Å². The molecule has 4 heteroatoms. The molecular formula is C15H15O3Y-. The van der Waals surface area contributed by atoms with Crippen LogP contribution in [0.5, 0.6) is 0 Å². The summed E-state index contributed by atoms with van der Waals surface area (Å²) in [6.07, 6.45) is 1.25. The number of hydrogen-bond acceptors (Lipinski definition) is 3. The summed E-state index contributed by atoms with van der Waals surface area (Å²) in [4.78, 5) is 23.5. The first-order valence-corrected chi connectivity index (χ1v) is 6.00. The Hall–Kier alpha value is -0.796. The Morgan fingerprint density at radius 1 is 1.21 bits per heavy atom. The number of aryl methyl sites for hydroxylation is 1. The monoisotopic (exact) mass is 332 g/mol. The molecule has 0 saturated heterocycles. The SMILES string of the molecule is Cc1[c-]ccc(C(O)=C2C(=O)CCCC2=O)c1C.[Y]. The summed E-state index contributed by atoms with van der Waals surface area (Å²) in [7, 11) is 0. The second-order valence-electron chi connectivity index (χ2n) is 4.56. The minimum atomic E-state index is -0.256. The Labute approximate surface area is 138 Å². The standard InChI is InChI=1S/C15H15O3.Y/c1-9-5-3-6-11(10(9)2)15(18)14-12(16)7-4-8-13(14)17;/h3,6,18H,4,7-8H2,1-2H3;/q-1;. The molecule has 19 heavy (non-hydrogen) atoms. The second kappa shape index (κ2) is 6.58.